The first-order valence-corrected chi connectivity index (χ1v) is 36.9. The lowest BCUT2D eigenvalue weighted by atomic mass is 9.94. The van der Waals surface area contributed by atoms with Crippen LogP contribution in [0.5, 0.6) is 0 Å². The maximum absolute atomic E-state index is 13.6. The van der Waals surface area contributed by atoms with Crippen LogP contribution in [0.3, 0.4) is 0 Å². The molecule has 0 saturated carbocycles. The Labute approximate surface area is 613 Å². The number of aliphatic hydroxyl groups excluding tert-OH is 22. The van der Waals surface area contributed by atoms with Gasteiger partial charge in [0.15, 0.2) is 50.3 Å². The second-order valence-electron chi connectivity index (χ2n) is 27.2. The second kappa shape index (κ2) is 35.9. The smallest absolute Gasteiger partial charge is 0.297 e. The normalized spacial score (nSPS) is 47.6. The summed E-state index contributed by atoms with van der Waals surface area (Å²) in [7, 11) is -9.56. The molecule has 30 aliphatic heterocycles. The highest BCUT2D eigenvalue weighted by molar-refractivity contribution is 7.87. The molecule has 30 fully saturated rings. The molecular weight excluding hydrogens is 1510 g/mol. The molecule has 108 heavy (non-hydrogen) atoms. The van der Waals surface area contributed by atoms with E-state index in [9.17, 15) is 129 Å². The summed E-state index contributed by atoms with van der Waals surface area (Å²) in [5.74, 6) is 0. The highest BCUT2D eigenvalue weighted by Crippen LogP contribution is 2.41. The van der Waals surface area contributed by atoms with Crippen LogP contribution in [0.25, 0.3) is 0 Å². The highest BCUT2D eigenvalue weighted by atomic mass is 32.2. The van der Waals surface area contributed by atoms with Crippen molar-refractivity contribution in [2.45, 2.75) is 269 Å². The molecule has 32 rings (SSSR count). The molecule has 0 spiro atoms. The zero-order valence-electron chi connectivity index (χ0n) is 57.0. The Morgan fingerprint density at radius 3 is 0.546 bits per heavy atom. The third kappa shape index (κ3) is 17.8. The van der Waals surface area contributed by atoms with Crippen molar-refractivity contribution in [2.24, 2.45) is 0 Å². The summed E-state index contributed by atoms with van der Waals surface area (Å²) >= 11 is 0. The molecule has 40 atom stereocenters. The maximum atomic E-state index is 13.6. The number of aryl methyl sites for hydroxylation is 2. The fraction of sp³-hybridized carbons (Fsp3) is 0.806. The molecule has 22 N–H and O–H groups in total. The quantitative estimate of drug-likeness (QED) is 0.0781. The first-order valence-electron chi connectivity index (χ1n) is 34.1. The number of aliphatic hydroxyl groups is 22. The van der Waals surface area contributed by atoms with Crippen LogP contribution in [0.15, 0.2) is 58.3 Å². The van der Waals surface area contributed by atoms with Crippen LogP contribution < -0.4 is 0 Å². The zero-order chi connectivity index (χ0) is 78.4. The van der Waals surface area contributed by atoms with Gasteiger partial charge in [-0.05, 0) is 38.1 Å². The molecule has 0 unspecified atom stereocenters. The van der Waals surface area contributed by atoms with Crippen molar-refractivity contribution in [2.75, 3.05) is 52.9 Å². The minimum absolute atomic E-state index is 0.409. The van der Waals surface area contributed by atoms with E-state index < -0.39 is 329 Å². The van der Waals surface area contributed by atoms with E-state index in [1.54, 1.807) is 13.8 Å². The van der Waals surface area contributed by atoms with Crippen LogP contribution in [-0.2, 0) is 104 Å². The van der Waals surface area contributed by atoms with Gasteiger partial charge in [-0.1, -0.05) is 35.4 Å². The van der Waals surface area contributed by atoms with Gasteiger partial charge in [-0.15, -0.1) is 0 Å². The molecule has 46 heteroatoms. The van der Waals surface area contributed by atoms with Crippen molar-refractivity contribution >= 4 is 20.2 Å². The van der Waals surface area contributed by atoms with Crippen LogP contribution in [0, 0.1) is 13.8 Å². The molecule has 30 heterocycles. The number of rotatable bonds is 14. The van der Waals surface area contributed by atoms with Crippen molar-refractivity contribution in [3.05, 3.63) is 59.7 Å². The molecule has 0 aliphatic carbocycles. The third-order valence-corrected chi connectivity index (χ3v) is 22.5. The van der Waals surface area contributed by atoms with Gasteiger partial charge in [0.25, 0.3) is 20.2 Å². The zero-order valence-corrected chi connectivity index (χ0v) is 58.6. The number of hydrogen-bond donors (Lipinski definition) is 22. The fourth-order valence-electron chi connectivity index (χ4n) is 13.7. The molecule has 30 saturated heterocycles. The van der Waals surface area contributed by atoms with Crippen LogP contribution in [0.2, 0.25) is 0 Å². The molecule has 2 aromatic rings. The van der Waals surface area contributed by atoms with Gasteiger partial charge in [0, 0.05) is 0 Å². The molecule has 16 bridgehead atoms. The van der Waals surface area contributed by atoms with E-state index in [2.05, 4.69) is 0 Å². The van der Waals surface area contributed by atoms with Crippen LogP contribution in [0.4, 0.5) is 0 Å². The van der Waals surface area contributed by atoms with Gasteiger partial charge in [0.2, 0.25) is 0 Å². The molecule has 30 aliphatic rings. The summed E-state index contributed by atoms with van der Waals surface area (Å²) in [6.45, 7) is -6.06. The van der Waals surface area contributed by atoms with Crippen LogP contribution >= 0.6 is 0 Å². The Bertz CT molecular complexity index is 3180. The molecule has 2 aromatic carbocycles. The first kappa shape index (κ1) is 85.6. The van der Waals surface area contributed by atoms with Gasteiger partial charge in [-0.2, -0.15) is 16.8 Å². The Kier molecular flexibility index (Phi) is 28.4. The molecular formula is C62H92O44S2. The third-order valence-electron chi connectivity index (χ3n) is 19.9. The van der Waals surface area contributed by atoms with Crippen molar-refractivity contribution in [1.29, 1.82) is 0 Å². The Morgan fingerprint density at radius 2 is 0.389 bits per heavy atom. The average molecular weight is 1610 g/mol. The fourth-order valence-corrected chi connectivity index (χ4v) is 15.6. The monoisotopic (exact) mass is 1600 g/mol. The van der Waals surface area contributed by atoms with Gasteiger partial charge in [-0.3, -0.25) is 8.37 Å². The van der Waals surface area contributed by atoms with E-state index in [-0.39, 0.29) is 0 Å². The summed E-state index contributed by atoms with van der Waals surface area (Å²) < 4.78 is 158. The Hall–Kier alpha value is -3.26. The number of ether oxygens (including phenoxy) is 16. The average Bonchev–Trinajstić information content (AvgIpc) is 0.773. The standard InChI is InChI=1S/C62H92O44S2/c1-19-3-7-21(8-4-19)107(85,86)89-17-29-53-37(75)45(83)61(97-29)103-51-27(15-67)93-57(41(79)33(51)71)99-47-23(11-63)92-56(40(78)32(47)70)102-50-26(14-66)96-60(44(82)36(50)74)106-54-30(18-90-108(87,88)22-9-5-20(2)6-10-22)98-62(46(84)38(54)76)104-52-28(16-68)94-58(42(80)34(52)72)100-48-24(12-64)91-55(39(77)31(48)69)101-49-25(13-65)95-59(105-53)43(81)35(49)73/h3-10,23-84H,11-18H2,1-2H3/t23-,24-,25-,26-,27-,28-,29-,30-,31-,32+,33-,34-,35+,36-,37+,38-,39-,40+,41-,42-,43+,44-,45+,46-,47-,48-,49-,50-,51-,52-,53-,54-,55-,56-,57-,58-,59-,60-,61-,62-/m1/s1. The van der Waals surface area contributed by atoms with E-state index in [0.717, 1.165) is 0 Å². The minimum atomic E-state index is -4.78. The molecule has 0 radical (unpaired) electrons. The number of benzene rings is 2. The second-order valence-corrected chi connectivity index (χ2v) is 30.4. The maximum Gasteiger partial charge on any atom is 0.297 e. The minimum Gasteiger partial charge on any atom is -0.394 e. The largest absolute Gasteiger partial charge is 0.394 e. The van der Waals surface area contributed by atoms with Gasteiger partial charge in [0.1, 0.15) is 195 Å². The molecule has 0 aromatic heterocycles. The van der Waals surface area contributed by atoms with Gasteiger partial charge in [0.05, 0.1) is 62.6 Å². The van der Waals surface area contributed by atoms with E-state index >= 15 is 0 Å². The van der Waals surface area contributed by atoms with Crippen LogP contribution in [0.1, 0.15) is 11.1 Å². The van der Waals surface area contributed by atoms with Gasteiger partial charge in [-0.25, -0.2) is 0 Å². The topological polar surface area (TPSA) is 679 Å². The predicted octanol–water partition coefficient (Wildman–Crippen LogP) is -14.0. The summed E-state index contributed by atoms with van der Waals surface area (Å²) in [5.41, 5.74) is 1.26. The van der Waals surface area contributed by atoms with E-state index in [1.165, 1.54) is 48.5 Å². The van der Waals surface area contributed by atoms with Crippen molar-refractivity contribution in [1.82, 2.24) is 0 Å². The summed E-state index contributed by atoms with van der Waals surface area (Å²) in [6, 6.07) is 10.4. The molecule has 44 nitrogen and oxygen atoms in total. The first-order chi connectivity index (χ1) is 51.2. The van der Waals surface area contributed by atoms with E-state index in [1.807, 2.05) is 0 Å². The Balaban J connectivity index is 0.893. The summed E-state index contributed by atoms with van der Waals surface area (Å²) in [6.07, 6.45) is -87.6. The van der Waals surface area contributed by atoms with Crippen LogP contribution in [-0.4, -0.2) is 428 Å². The van der Waals surface area contributed by atoms with E-state index in [4.69, 9.17) is 84.2 Å². The molecule has 0 amide bonds. The number of hydrogen-bond acceptors (Lipinski definition) is 44. The molecule has 616 valence electrons. The lowest BCUT2D eigenvalue weighted by Crippen LogP contribution is -2.69. The van der Waals surface area contributed by atoms with Gasteiger partial charge >= 0.3 is 0 Å². The van der Waals surface area contributed by atoms with Crippen molar-refractivity contribution in [3.63, 3.8) is 0 Å². The van der Waals surface area contributed by atoms with E-state index in [0.29, 0.717) is 11.1 Å². The predicted molar refractivity (Wildman–Crippen MR) is 336 cm³/mol. The highest BCUT2D eigenvalue weighted by Gasteiger charge is 2.61. The van der Waals surface area contributed by atoms with Gasteiger partial charge < -0.3 is 188 Å². The summed E-state index contributed by atoms with van der Waals surface area (Å²) in [5, 5.41) is 251. The summed E-state index contributed by atoms with van der Waals surface area (Å²) in [4.78, 5) is -0.817. The van der Waals surface area contributed by atoms with Crippen molar-refractivity contribution in [3.8, 4) is 0 Å². The SMILES string of the molecule is Cc1ccc(S(=O)(=O)OC[C@H]2O[C@@H]3O[C@H]4[C@H](O)[C@@H](O)[C@@H](O[C@H]5[C@H](O)[C@@H](O)[C@@H](O[C@H]6[C@@H](O)[C@H](O)[C@@H](O[C@H]7[C@@H](O)[C@H](O)[C@@H](O[C@H]8[C@H](O)[C@@H](O)[C@@H](O[C@H]9[C@@H](O)[C@H](O)[C@@H](O[C@H]%10[C@H](O)[C@@H](O)[C@@H](O[C@H]2[C@H](O)[C@H]3O)O[C@@H]%10CO)O[C@@H]9CO)O[C@@H]8CO)O[C@@H]7COS(=O)(=O)c2ccc(C)cc2)O[C@@H]6CO)O[C@@H]5CO)O[C@@H]4CO)cc1. The lowest BCUT2D eigenvalue weighted by molar-refractivity contribution is -0.403. The van der Waals surface area contributed by atoms with Crippen molar-refractivity contribution < 1.29 is 213 Å². The Morgan fingerprint density at radius 1 is 0.241 bits per heavy atom. The lowest BCUT2D eigenvalue weighted by Gasteiger charge is -2.50.